The van der Waals surface area contributed by atoms with Crippen LogP contribution in [-0.2, 0) is 0 Å². The molecule has 36 heavy (non-hydrogen) atoms. The van der Waals surface area contributed by atoms with Gasteiger partial charge in [0.15, 0.2) is 0 Å². The van der Waals surface area contributed by atoms with Gasteiger partial charge < -0.3 is 24.8 Å². The van der Waals surface area contributed by atoms with Crippen molar-refractivity contribution in [3.05, 3.63) is 104 Å². The summed E-state index contributed by atoms with van der Waals surface area (Å²) in [7, 11) is 0. The molecule has 0 unspecified atom stereocenters. The van der Waals surface area contributed by atoms with Crippen LogP contribution in [0.1, 0.15) is 0 Å². The number of aliphatic hydroxyl groups excluding tert-OH is 2. The second-order valence-electron chi connectivity index (χ2n) is 7.50. The van der Waals surface area contributed by atoms with Crippen molar-refractivity contribution in [1.29, 1.82) is 0 Å². The minimum atomic E-state index is -0.904. The van der Waals surface area contributed by atoms with Gasteiger partial charge in [-0.05, 0) is 72.8 Å². The van der Waals surface area contributed by atoms with E-state index in [0.717, 1.165) is 13.7 Å². The van der Waals surface area contributed by atoms with E-state index < -0.39 is 17.1 Å². The van der Waals surface area contributed by atoms with Crippen LogP contribution in [0.25, 0.3) is 17.1 Å². The third-order valence-corrected chi connectivity index (χ3v) is 5.17. The van der Waals surface area contributed by atoms with Gasteiger partial charge in [0.1, 0.15) is 30.5 Å². The fraction of sp³-hybridized carbons (Fsp3) is 0.160. The van der Waals surface area contributed by atoms with E-state index in [2.05, 4.69) is 0 Å². The lowest BCUT2D eigenvalue weighted by Crippen LogP contribution is -2.52. The average Bonchev–Trinajstić information content (AvgIpc) is 2.89. The predicted octanol–water partition coefficient (Wildman–Crippen LogP) is 0.587. The first-order chi connectivity index (χ1) is 17.4. The van der Waals surface area contributed by atoms with Gasteiger partial charge in [0.2, 0.25) is 0 Å². The van der Waals surface area contributed by atoms with Gasteiger partial charge in [-0.3, -0.25) is 0 Å². The molecule has 0 atom stereocenters. The summed E-state index contributed by atoms with van der Waals surface area (Å²) in [5, 5.41) is 27.5. The van der Waals surface area contributed by atoms with Gasteiger partial charge in [0.05, 0.1) is 30.3 Å². The molecule has 11 heteroatoms. The second kappa shape index (κ2) is 10.8. The van der Waals surface area contributed by atoms with Crippen LogP contribution < -0.4 is 26.5 Å². The molecule has 0 spiro atoms. The lowest BCUT2D eigenvalue weighted by molar-refractivity contribution is 0.201. The number of aromatic nitrogens is 3. The Morgan fingerprint density at radius 2 is 0.833 bits per heavy atom. The number of phenolic OH excluding ortho intramolecular Hbond substituents is 1. The number of hydrogen-bond donors (Lipinski definition) is 3. The zero-order valence-corrected chi connectivity index (χ0v) is 19.0. The van der Waals surface area contributed by atoms with Gasteiger partial charge in [-0.25, -0.2) is 28.1 Å². The lowest BCUT2D eigenvalue weighted by Gasteiger charge is -2.15. The average molecular weight is 493 g/mol. The summed E-state index contributed by atoms with van der Waals surface area (Å²) in [4.78, 5) is 40.4. The predicted molar refractivity (Wildman–Crippen MR) is 130 cm³/mol. The number of ether oxygens (including phenoxy) is 2. The molecule has 0 bridgehead atoms. The van der Waals surface area contributed by atoms with Crippen LogP contribution in [-0.4, -0.2) is 55.4 Å². The maximum absolute atomic E-state index is 13.5. The molecule has 0 amide bonds. The molecule has 11 nitrogen and oxygen atoms in total. The normalized spacial score (nSPS) is 10.8. The van der Waals surface area contributed by atoms with E-state index in [1.807, 2.05) is 0 Å². The maximum atomic E-state index is 13.5. The van der Waals surface area contributed by atoms with Crippen LogP contribution in [0.15, 0.2) is 87.2 Å². The Labute approximate surface area is 203 Å². The Morgan fingerprint density at radius 3 is 1.14 bits per heavy atom. The molecule has 0 fully saturated rings. The summed E-state index contributed by atoms with van der Waals surface area (Å²) >= 11 is 0. The summed E-state index contributed by atoms with van der Waals surface area (Å²) < 4.78 is 13.2. The zero-order valence-electron chi connectivity index (χ0n) is 19.0. The molecule has 186 valence electrons. The van der Waals surface area contributed by atoms with E-state index in [1.54, 1.807) is 0 Å². The minimum Gasteiger partial charge on any atom is -0.508 e. The molecule has 0 aliphatic carbocycles. The number of aliphatic hydroxyl groups is 2. The highest BCUT2D eigenvalue weighted by atomic mass is 16.5. The third-order valence-electron chi connectivity index (χ3n) is 5.17. The number of aromatic hydroxyl groups is 1. The molecule has 0 saturated carbocycles. The molecule has 0 saturated heterocycles. The molecule has 0 aliphatic heterocycles. The van der Waals surface area contributed by atoms with Crippen LogP contribution in [0.3, 0.4) is 0 Å². The van der Waals surface area contributed by atoms with Crippen LogP contribution in [0, 0.1) is 0 Å². The van der Waals surface area contributed by atoms with Crippen LogP contribution in [0.5, 0.6) is 17.2 Å². The molecular weight excluding hydrogens is 470 g/mol. The second-order valence-corrected chi connectivity index (χ2v) is 7.50. The van der Waals surface area contributed by atoms with Crippen LogP contribution >= 0.6 is 0 Å². The molecule has 0 radical (unpaired) electrons. The van der Waals surface area contributed by atoms with Crippen molar-refractivity contribution in [2.45, 2.75) is 0 Å². The fourth-order valence-electron chi connectivity index (χ4n) is 3.52. The summed E-state index contributed by atoms with van der Waals surface area (Å²) in [6, 6.07) is 17.5. The molecule has 0 aliphatic rings. The third kappa shape index (κ3) is 4.92. The molecular formula is C25H23N3O8. The minimum absolute atomic E-state index is 0.0580. The Balaban J connectivity index is 1.93. The number of phenols is 1. The Morgan fingerprint density at radius 1 is 0.528 bits per heavy atom. The Hall–Kier alpha value is -4.61. The van der Waals surface area contributed by atoms with Gasteiger partial charge in [0.25, 0.3) is 0 Å². The van der Waals surface area contributed by atoms with Crippen molar-refractivity contribution in [3.63, 3.8) is 0 Å². The Kier molecular flexibility index (Phi) is 7.33. The summed E-state index contributed by atoms with van der Waals surface area (Å²) in [5.74, 6) is 0.787. The quantitative estimate of drug-likeness (QED) is 0.307. The molecule has 4 rings (SSSR count). The van der Waals surface area contributed by atoms with Gasteiger partial charge in [-0.15, -0.1) is 0 Å². The first-order valence-electron chi connectivity index (χ1n) is 10.9. The van der Waals surface area contributed by atoms with Gasteiger partial charge >= 0.3 is 17.1 Å². The number of hydrogen-bond acceptors (Lipinski definition) is 8. The van der Waals surface area contributed by atoms with Crippen molar-refractivity contribution in [2.24, 2.45) is 0 Å². The highest BCUT2D eigenvalue weighted by Gasteiger charge is 2.19. The monoisotopic (exact) mass is 493 g/mol. The van der Waals surface area contributed by atoms with E-state index in [0.29, 0.717) is 11.5 Å². The van der Waals surface area contributed by atoms with Crippen molar-refractivity contribution >= 4 is 0 Å². The molecule has 4 aromatic rings. The topological polar surface area (TPSA) is 145 Å². The number of benzene rings is 3. The largest absolute Gasteiger partial charge is 0.508 e. The van der Waals surface area contributed by atoms with Crippen molar-refractivity contribution in [1.82, 2.24) is 13.7 Å². The fourth-order valence-corrected chi connectivity index (χ4v) is 3.52. The molecule has 1 aromatic heterocycles. The smallest absolute Gasteiger partial charge is 0.345 e. The van der Waals surface area contributed by atoms with E-state index in [4.69, 9.17) is 19.7 Å². The summed E-state index contributed by atoms with van der Waals surface area (Å²) in [6.45, 7) is -0.188. The van der Waals surface area contributed by atoms with Gasteiger partial charge in [0, 0.05) is 0 Å². The van der Waals surface area contributed by atoms with E-state index in [9.17, 15) is 19.5 Å². The SMILES string of the molecule is O=c1n(-c2ccc(O)cc2)c(=O)n(-c2ccc(OCCO)cc2)c(=O)n1-c1ccc(OCCO)cc1. The first kappa shape index (κ1) is 24.5. The van der Waals surface area contributed by atoms with E-state index in [-0.39, 0.29) is 49.2 Å². The van der Waals surface area contributed by atoms with E-state index >= 15 is 0 Å². The number of rotatable bonds is 9. The first-order valence-corrected chi connectivity index (χ1v) is 10.9. The van der Waals surface area contributed by atoms with Crippen molar-refractivity contribution < 1.29 is 24.8 Å². The summed E-state index contributed by atoms with van der Waals surface area (Å²) in [5.41, 5.74) is -2.18. The zero-order chi connectivity index (χ0) is 25.7. The highest BCUT2D eigenvalue weighted by molar-refractivity contribution is 5.42. The van der Waals surface area contributed by atoms with E-state index in [1.165, 1.54) is 72.8 Å². The van der Waals surface area contributed by atoms with Crippen molar-refractivity contribution in [3.8, 4) is 34.3 Å². The number of nitrogens with zero attached hydrogens (tertiary/aromatic N) is 3. The van der Waals surface area contributed by atoms with Gasteiger partial charge in [-0.2, -0.15) is 0 Å². The van der Waals surface area contributed by atoms with Crippen molar-refractivity contribution in [2.75, 3.05) is 26.4 Å². The molecule has 3 aromatic carbocycles. The van der Waals surface area contributed by atoms with Crippen LogP contribution in [0.2, 0.25) is 0 Å². The lowest BCUT2D eigenvalue weighted by atomic mass is 10.3. The Bertz CT molecular complexity index is 1410. The standard InChI is InChI=1S/C25H23N3O8/c29-13-15-35-21-9-3-18(4-10-21)27-23(32)26(17-1-7-20(31)8-2-17)24(33)28(25(27)34)19-5-11-22(12-6-19)36-16-14-30/h1-12,29-31H,13-16H2. The highest BCUT2D eigenvalue weighted by Crippen LogP contribution is 2.16. The molecule has 3 N–H and O–H groups in total. The molecule has 1 heterocycles. The summed E-state index contributed by atoms with van der Waals surface area (Å²) in [6.07, 6.45) is 0. The van der Waals surface area contributed by atoms with Crippen LogP contribution in [0.4, 0.5) is 0 Å². The van der Waals surface area contributed by atoms with Gasteiger partial charge in [-0.1, -0.05) is 0 Å². The maximum Gasteiger partial charge on any atom is 0.345 e.